The molecule has 0 bridgehead atoms. The number of rotatable bonds is 5. The summed E-state index contributed by atoms with van der Waals surface area (Å²) in [5.74, 6) is 0. The molecule has 1 aliphatic heterocycles. The molecule has 0 radical (unpaired) electrons. The van der Waals surface area contributed by atoms with E-state index in [1.54, 1.807) is 6.07 Å². The van der Waals surface area contributed by atoms with Crippen molar-refractivity contribution in [3.8, 4) is 0 Å². The summed E-state index contributed by atoms with van der Waals surface area (Å²) in [7, 11) is -4.28. The molecule has 0 saturated carbocycles. The zero-order valence-electron chi connectivity index (χ0n) is 17.0. The van der Waals surface area contributed by atoms with Crippen LogP contribution in [0.3, 0.4) is 0 Å². The summed E-state index contributed by atoms with van der Waals surface area (Å²) in [6.07, 6.45) is -4.21. The molecule has 0 unspecified atom stereocenters. The van der Waals surface area contributed by atoms with E-state index in [9.17, 15) is 21.6 Å². The molecule has 0 atom stereocenters. The molecular formula is C21H18Cl2F3N3O2S2. The van der Waals surface area contributed by atoms with Crippen molar-refractivity contribution in [2.45, 2.75) is 17.5 Å². The standard InChI is InChI=1S/C21H18Cl2F3N3O2S2/c22-15-9-14(10-16(23)12-15)11-17-13-32-20(27-17)28-5-7-29(8-6-28)33(30,31)19-4-2-1-3-18(19)21(24,25)26/h1-4,9-10,12-13H,5-8,11H2. The Bertz CT molecular complexity index is 1240. The van der Waals surface area contributed by atoms with Crippen molar-refractivity contribution < 1.29 is 21.6 Å². The number of alkyl halides is 3. The average Bonchev–Trinajstić information content (AvgIpc) is 3.21. The molecule has 0 aliphatic carbocycles. The number of nitrogens with zero attached hydrogens (tertiary/aromatic N) is 3. The molecule has 176 valence electrons. The first kappa shape index (κ1) is 24.3. The molecule has 1 saturated heterocycles. The van der Waals surface area contributed by atoms with Gasteiger partial charge in [0.25, 0.3) is 0 Å². The fraction of sp³-hybridized carbons (Fsp3) is 0.286. The van der Waals surface area contributed by atoms with Crippen LogP contribution in [-0.2, 0) is 22.6 Å². The highest BCUT2D eigenvalue weighted by Gasteiger charge is 2.39. The molecular weight excluding hydrogens is 518 g/mol. The van der Waals surface area contributed by atoms with Gasteiger partial charge < -0.3 is 4.90 Å². The Morgan fingerprint density at radius 3 is 2.27 bits per heavy atom. The second-order valence-corrected chi connectivity index (χ2v) is 11.1. The van der Waals surface area contributed by atoms with Gasteiger partial charge in [0.1, 0.15) is 0 Å². The van der Waals surface area contributed by atoms with Crippen molar-refractivity contribution in [2.24, 2.45) is 0 Å². The number of hydrogen-bond acceptors (Lipinski definition) is 5. The number of thiazole rings is 1. The molecule has 4 rings (SSSR count). The summed E-state index contributed by atoms with van der Waals surface area (Å²) in [4.78, 5) is 5.83. The van der Waals surface area contributed by atoms with E-state index in [-0.39, 0.29) is 13.1 Å². The van der Waals surface area contributed by atoms with E-state index >= 15 is 0 Å². The third-order valence-electron chi connectivity index (χ3n) is 5.17. The Balaban J connectivity index is 1.45. The third-order valence-corrected chi connectivity index (χ3v) is 8.51. The van der Waals surface area contributed by atoms with Crippen LogP contribution in [-0.4, -0.2) is 43.9 Å². The summed E-state index contributed by atoms with van der Waals surface area (Å²) in [6.45, 7) is 0.771. The Hall–Kier alpha value is -1.85. The van der Waals surface area contributed by atoms with Gasteiger partial charge in [-0.15, -0.1) is 11.3 Å². The molecule has 0 amide bonds. The summed E-state index contributed by atoms with van der Waals surface area (Å²) >= 11 is 13.5. The summed E-state index contributed by atoms with van der Waals surface area (Å²) in [5.41, 5.74) is 0.587. The topological polar surface area (TPSA) is 53.5 Å². The molecule has 1 fully saturated rings. The van der Waals surface area contributed by atoms with Crippen molar-refractivity contribution in [3.63, 3.8) is 0 Å². The molecule has 3 aromatic rings. The zero-order chi connectivity index (χ0) is 23.8. The largest absolute Gasteiger partial charge is 0.417 e. The van der Waals surface area contributed by atoms with Crippen molar-refractivity contribution in [1.82, 2.24) is 9.29 Å². The van der Waals surface area contributed by atoms with Crippen LogP contribution in [0.25, 0.3) is 0 Å². The van der Waals surface area contributed by atoms with E-state index in [1.807, 2.05) is 22.4 Å². The molecule has 0 N–H and O–H groups in total. The summed E-state index contributed by atoms with van der Waals surface area (Å²) < 4.78 is 66.9. The number of benzene rings is 2. The van der Waals surface area contributed by atoms with E-state index in [2.05, 4.69) is 4.98 Å². The predicted molar refractivity (Wildman–Crippen MR) is 124 cm³/mol. The summed E-state index contributed by atoms with van der Waals surface area (Å²) in [6, 6.07) is 9.54. The van der Waals surface area contributed by atoms with E-state index < -0.39 is 26.7 Å². The monoisotopic (exact) mass is 535 g/mol. The SMILES string of the molecule is O=S(=O)(c1ccccc1C(F)(F)F)N1CCN(c2nc(Cc3cc(Cl)cc(Cl)c3)cs2)CC1. The van der Waals surface area contributed by atoms with Crippen LogP contribution in [0.1, 0.15) is 16.8 Å². The lowest BCUT2D eigenvalue weighted by atomic mass is 10.1. The smallest absolute Gasteiger partial charge is 0.345 e. The summed E-state index contributed by atoms with van der Waals surface area (Å²) in [5, 5.41) is 3.72. The van der Waals surface area contributed by atoms with Gasteiger partial charge >= 0.3 is 6.18 Å². The van der Waals surface area contributed by atoms with Crippen LogP contribution in [0, 0.1) is 0 Å². The molecule has 12 heteroatoms. The van der Waals surface area contributed by atoms with E-state index in [0.717, 1.165) is 32.8 Å². The minimum absolute atomic E-state index is 0.0628. The quantitative estimate of drug-likeness (QED) is 0.428. The Labute approximate surface area is 203 Å². The maximum atomic E-state index is 13.3. The number of piperazine rings is 1. The molecule has 33 heavy (non-hydrogen) atoms. The minimum Gasteiger partial charge on any atom is -0.345 e. The number of aromatic nitrogens is 1. The number of anilines is 1. The van der Waals surface area contributed by atoms with Crippen molar-refractivity contribution in [1.29, 1.82) is 0 Å². The molecule has 0 spiro atoms. The van der Waals surface area contributed by atoms with Crippen molar-refractivity contribution >= 4 is 49.7 Å². The number of hydrogen-bond donors (Lipinski definition) is 0. The molecule has 1 aromatic heterocycles. The lowest BCUT2D eigenvalue weighted by Crippen LogP contribution is -2.49. The first-order chi connectivity index (χ1) is 15.5. The van der Waals surface area contributed by atoms with Crippen LogP contribution in [0.5, 0.6) is 0 Å². The lowest BCUT2D eigenvalue weighted by Gasteiger charge is -2.34. The normalized spacial score (nSPS) is 15.7. The van der Waals surface area contributed by atoms with Gasteiger partial charge in [0.2, 0.25) is 10.0 Å². The lowest BCUT2D eigenvalue weighted by molar-refractivity contribution is -0.139. The second-order valence-electron chi connectivity index (χ2n) is 7.46. The molecule has 2 aromatic carbocycles. The zero-order valence-corrected chi connectivity index (χ0v) is 20.2. The van der Waals surface area contributed by atoms with Gasteiger partial charge in [-0.2, -0.15) is 17.5 Å². The Morgan fingerprint density at radius 2 is 1.64 bits per heavy atom. The molecule has 1 aliphatic rings. The van der Waals surface area contributed by atoms with Crippen molar-refractivity contribution in [2.75, 3.05) is 31.1 Å². The van der Waals surface area contributed by atoms with Gasteiger partial charge in [0.15, 0.2) is 5.13 Å². The first-order valence-electron chi connectivity index (χ1n) is 9.85. The van der Waals surface area contributed by atoms with Crippen LogP contribution in [0.15, 0.2) is 52.7 Å². The fourth-order valence-corrected chi connectivity index (χ4v) is 6.71. The van der Waals surface area contributed by atoms with Gasteiger partial charge in [-0.1, -0.05) is 35.3 Å². The highest BCUT2D eigenvalue weighted by Crippen LogP contribution is 2.35. The van der Waals surface area contributed by atoms with Gasteiger partial charge in [-0.05, 0) is 35.9 Å². The number of sulfonamides is 1. The van der Waals surface area contributed by atoms with E-state index in [0.29, 0.717) is 29.6 Å². The van der Waals surface area contributed by atoms with Crippen LogP contribution in [0.2, 0.25) is 10.0 Å². The fourth-order valence-electron chi connectivity index (χ4n) is 3.63. The maximum Gasteiger partial charge on any atom is 0.417 e. The second kappa shape index (κ2) is 9.42. The van der Waals surface area contributed by atoms with Crippen LogP contribution >= 0.6 is 34.5 Å². The van der Waals surface area contributed by atoms with E-state index in [1.165, 1.54) is 23.5 Å². The minimum atomic E-state index is -4.75. The Morgan fingerprint density at radius 1 is 1.00 bits per heavy atom. The van der Waals surface area contributed by atoms with Gasteiger partial charge in [0, 0.05) is 48.0 Å². The highest BCUT2D eigenvalue weighted by molar-refractivity contribution is 7.89. The molecule has 5 nitrogen and oxygen atoms in total. The van der Waals surface area contributed by atoms with Crippen LogP contribution < -0.4 is 4.90 Å². The Kier molecular flexibility index (Phi) is 6.93. The van der Waals surface area contributed by atoms with Crippen LogP contribution in [0.4, 0.5) is 18.3 Å². The third kappa shape index (κ3) is 5.46. The van der Waals surface area contributed by atoms with Crippen molar-refractivity contribution in [3.05, 3.63) is 74.7 Å². The molecule has 2 heterocycles. The maximum absolute atomic E-state index is 13.3. The van der Waals surface area contributed by atoms with E-state index in [4.69, 9.17) is 23.2 Å². The van der Waals surface area contributed by atoms with Gasteiger partial charge in [0.05, 0.1) is 16.2 Å². The highest BCUT2D eigenvalue weighted by atomic mass is 35.5. The first-order valence-corrected chi connectivity index (χ1v) is 12.9. The van der Waals surface area contributed by atoms with Gasteiger partial charge in [-0.25, -0.2) is 13.4 Å². The van der Waals surface area contributed by atoms with Gasteiger partial charge in [-0.3, -0.25) is 0 Å². The predicted octanol–water partition coefficient (Wildman–Crippen LogP) is 5.57. The number of halogens is 5. The average molecular weight is 536 g/mol.